The molecule has 2 aromatic heterocycles. The number of hydrogen-bond donors (Lipinski definition) is 0. The summed E-state index contributed by atoms with van der Waals surface area (Å²) in [6.45, 7) is 2.88. The average molecular weight is 458 g/mol. The van der Waals surface area contributed by atoms with Crippen molar-refractivity contribution in [1.82, 2.24) is 14.9 Å². The van der Waals surface area contributed by atoms with Crippen LogP contribution in [0.3, 0.4) is 0 Å². The fourth-order valence-electron chi connectivity index (χ4n) is 4.25. The lowest BCUT2D eigenvalue weighted by molar-refractivity contribution is 0.0738. The Hall–Kier alpha value is -2.91. The number of rotatable bonds is 7. The molecule has 170 valence electrons. The molecule has 32 heavy (non-hydrogen) atoms. The number of likely N-dealkylation sites (tertiary alicyclic amines) is 1. The highest BCUT2D eigenvalue weighted by Gasteiger charge is 2.34. The van der Waals surface area contributed by atoms with E-state index < -0.39 is 0 Å². The van der Waals surface area contributed by atoms with E-state index in [1.807, 2.05) is 30.0 Å². The third-order valence-corrected chi connectivity index (χ3v) is 6.95. The highest BCUT2D eigenvalue weighted by atomic mass is 32.1. The number of amides is 1. The molecular formula is C23H27N3O5S. The highest BCUT2D eigenvalue weighted by Crippen LogP contribution is 2.42. The second-order valence-electron chi connectivity index (χ2n) is 7.58. The van der Waals surface area contributed by atoms with Crippen molar-refractivity contribution in [2.75, 3.05) is 35.0 Å². The molecule has 0 saturated carbocycles. The number of carbonyl (C=O) groups is 1. The van der Waals surface area contributed by atoms with Gasteiger partial charge in [0.05, 0.1) is 37.6 Å². The van der Waals surface area contributed by atoms with Gasteiger partial charge in [0, 0.05) is 25.3 Å². The van der Waals surface area contributed by atoms with E-state index in [-0.39, 0.29) is 18.6 Å². The lowest BCUT2D eigenvalue weighted by atomic mass is 10.0. The Morgan fingerprint density at radius 1 is 1.16 bits per heavy atom. The fourth-order valence-corrected chi connectivity index (χ4v) is 5.39. The van der Waals surface area contributed by atoms with Gasteiger partial charge in [-0.05, 0) is 37.5 Å². The summed E-state index contributed by atoms with van der Waals surface area (Å²) in [6.07, 6.45) is 1.80. The summed E-state index contributed by atoms with van der Waals surface area (Å²) in [4.78, 5) is 26.0. The number of carbonyl (C=O) groups excluding carboxylic acids is 1. The van der Waals surface area contributed by atoms with Crippen molar-refractivity contribution >= 4 is 27.5 Å². The van der Waals surface area contributed by atoms with E-state index in [4.69, 9.17) is 18.9 Å². The molecular weight excluding hydrogens is 430 g/mol. The Balaban J connectivity index is 1.73. The second kappa shape index (κ2) is 9.30. The van der Waals surface area contributed by atoms with Crippen molar-refractivity contribution in [2.24, 2.45) is 0 Å². The first-order chi connectivity index (χ1) is 15.5. The van der Waals surface area contributed by atoms with Crippen molar-refractivity contribution in [3.05, 3.63) is 40.0 Å². The molecule has 0 aliphatic carbocycles. The van der Waals surface area contributed by atoms with Gasteiger partial charge in [-0.15, -0.1) is 11.3 Å². The molecule has 1 aliphatic rings. The molecule has 0 bridgehead atoms. The fraction of sp³-hybridized carbons (Fsp3) is 0.435. The maximum atomic E-state index is 13.7. The lowest BCUT2D eigenvalue weighted by Crippen LogP contribution is -2.30. The van der Waals surface area contributed by atoms with Gasteiger partial charge in [0.1, 0.15) is 22.9 Å². The van der Waals surface area contributed by atoms with Crippen LogP contribution in [0, 0.1) is 6.92 Å². The van der Waals surface area contributed by atoms with Gasteiger partial charge in [-0.2, -0.15) is 4.98 Å². The SMILES string of the molecule is COCc1nc(OC)c2c(C)c(C(=O)N3CCCC3c3ccc(OC)cc3OC)sc2n1. The van der Waals surface area contributed by atoms with Crippen molar-refractivity contribution in [3.63, 3.8) is 0 Å². The van der Waals surface area contributed by atoms with Crippen molar-refractivity contribution < 1.29 is 23.7 Å². The minimum atomic E-state index is -0.0648. The Kier molecular flexibility index (Phi) is 6.48. The lowest BCUT2D eigenvalue weighted by Gasteiger charge is -2.26. The smallest absolute Gasteiger partial charge is 0.264 e. The number of aryl methyl sites for hydroxylation is 1. The molecule has 1 amide bonds. The zero-order valence-corrected chi connectivity index (χ0v) is 19.7. The van der Waals surface area contributed by atoms with Gasteiger partial charge in [0.2, 0.25) is 5.88 Å². The molecule has 9 heteroatoms. The first-order valence-corrected chi connectivity index (χ1v) is 11.2. The molecule has 0 N–H and O–H groups in total. The van der Waals surface area contributed by atoms with E-state index in [2.05, 4.69) is 9.97 Å². The summed E-state index contributed by atoms with van der Waals surface area (Å²) in [5.41, 5.74) is 1.82. The van der Waals surface area contributed by atoms with Crippen LogP contribution >= 0.6 is 11.3 Å². The number of aromatic nitrogens is 2. The van der Waals surface area contributed by atoms with Crippen molar-refractivity contribution in [3.8, 4) is 17.4 Å². The number of hydrogen-bond acceptors (Lipinski definition) is 8. The zero-order chi connectivity index (χ0) is 22.8. The van der Waals surface area contributed by atoms with Crippen LogP contribution < -0.4 is 14.2 Å². The molecule has 1 unspecified atom stereocenters. The number of fused-ring (bicyclic) bond motifs is 1. The van der Waals surface area contributed by atoms with Gasteiger partial charge < -0.3 is 23.8 Å². The molecule has 1 saturated heterocycles. The summed E-state index contributed by atoms with van der Waals surface area (Å²) in [5.74, 6) is 2.42. The van der Waals surface area contributed by atoms with Gasteiger partial charge >= 0.3 is 0 Å². The van der Waals surface area contributed by atoms with Crippen LogP contribution in [-0.4, -0.2) is 55.8 Å². The van der Waals surface area contributed by atoms with Gasteiger partial charge in [-0.25, -0.2) is 4.98 Å². The van der Waals surface area contributed by atoms with Crippen LogP contribution in [0.2, 0.25) is 0 Å². The van der Waals surface area contributed by atoms with E-state index in [1.165, 1.54) is 11.3 Å². The van der Waals surface area contributed by atoms with Gasteiger partial charge in [0.15, 0.2) is 5.82 Å². The average Bonchev–Trinajstić information content (AvgIpc) is 3.43. The quantitative estimate of drug-likeness (QED) is 0.527. The van der Waals surface area contributed by atoms with E-state index in [0.29, 0.717) is 23.1 Å². The molecule has 4 rings (SSSR count). The van der Waals surface area contributed by atoms with Crippen LogP contribution in [0.25, 0.3) is 10.2 Å². The third kappa shape index (κ3) is 3.86. The monoisotopic (exact) mass is 457 g/mol. The Labute approximate surface area is 191 Å². The van der Waals surface area contributed by atoms with Crippen molar-refractivity contribution in [1.29, 1.82) is 0 Å². The number of methoxy groups -OCH3 is 4. The number of benzene rings is 1. The van der Waals surface area contributed by atoms with E-state index in [1.54, 1.807) is 28.4 Å². The van der Waals surface area contributed by atoms with Crippen LogP contribution in [-0.2, 0) is 11.3 Å². The van der Waals surface area contributed by atoms with Crippen LogP contribution in [0.4, 0.5) is 0 Å². The van der Waals surface area contributed by atoms with E-state index in [0.717, 1.165) is 45.7 Å². The van der Waals surface area contributed by atoms with Crippen LogP contribution in [0.5, 0.6) is 17.4 Å². The minimum absolute atomic E-state index is 0.0128. The molecule has 8 nitrogen and oxygen atoms in total. The van der Waals surface area contributed by atoms with Gasteiger partial charge in [0.25, 0.3) is 5.91 Å². The van der Waals surface area contributed by atoms with E-state index >= 15 is 0 Å². The second-order valence-corrected chi connectivity index (χ2v) is 8.58. The zero-order valence-electron chi connectivity index (χ0n) is 18.9. The number of thiophene rings is 1. The Morgan fingerprint density at radius 3 is 2.66 bits per heavy atom. The first-order valence-electron chi connectivity index (χ1n) is 10.4. The molecule has 1 fully saturated rings. The summed E-state index contributed by atoms with van der Waals surface area (Å²) in [6, 6.07) is 5.68. The largest absolute Gasteiger partial charge is 0.497 e. The van der Waals surface area contributed by atoms with Crippen LogP contribution in [0.1, 0.15) is 45.5 Å². The molecule has 3 heterocycles. The number of ether oxygens (including phenoxy) is 4. The minimum Gasteiger partial charge on any atom is -0.497 e. The summed E-state index contributed by atoms with van der Waals surface area (Å²) in [7, 11) is 6.43. The molecule has 1 aliphatic heterocycles. The van der Waals surface area contributed by atoms with Gasteiger partial charge in [-0.1, -0.05) is 0 Å². The normalized spacial score (nSPS) is 15.9. The molecule has 0 spiro atoms. The standard InChI is InChI=1S/C23H27N3O5S/c1-13-19-21(31-5)24-18(12-28-2)25-22(19)32-20(13)23(27)26-10-6-7-16(26)15-9-8-14(29-3)11-17(15)30-4/h8-9,11,16H,6-7,10,12H2,1-5H3. The molecule has 3 aromatic rings. The van der Waals surface area contributed by atoms with E-state index in [9.17, 15) is 4.79 Å². The van der Waals surface area contributed by atoms with Gasteiger partial charge in [-0.3, -0.25) is 4.79 Å². The predicted octanol–water partition coefficient (Wildman–Crippen LogP) is 4.15. The molecule has 0 radical (unpaired) electrons. The van der Waals surface area contributed by atoms with Crippen LogP contribution in [0.15, 0.2) is 18.2 Å². The Bertz CT molecular complexity index is 1150. The maximum absolute atomic E-state index is 13.7. The summed E-state index contributed by atoms with van der Waals surface area (Å²) in [5, 5.41) is 0.776. The topological polar surface area (TPSA) is 83.0 Å². The maximum Gasteiger partial charge on any atom is 0.264 e. The molecule has 1 atom stereocenters. The summed E-state index contributed by atoms with van der Waals surface area (Å²) < 4.78 is 21.6. The van der Waals surface area contributed by atoms with Crippen molar-refractivity contribution in [2.45, 2.75) is 32.4 Å². The number of nitrogens with zero attached hydrogens (tertiary/aromatic N) is 3. The predicted molar refractivity (Wildman–Crippen MR) is 122 cm³/mol. The third-order valence-electron chi connectivity index (χ3n) is 5.78. The highest BCUT2D eigenvalue weighted by molar-refractivity contribution is 7.20. The first kappa shape index (κ1) is 22.3. The summed E-state index contributed by atoms with van der Waals surface area (Å²) >= 11 is 1.37. The molecule has 1 aromatic carbocycles. The Morgan fingerprint density at radius 2 is 1.97 bits per heavy atom.